The number of amides is 1. The largest absolute Gasteiger partial charge is 0.367 e. The molecule has 0 aliphatic carbocycles. The molecule has 0 radical (unpaired) electrons. The first-order chi connectivity index (χ1) is 12.4. The molecule has 2 rings (SSSR count). The van der Waals surface area contributed by atoms with Gasteiger partial charge in [0.2, 0.25) is 0 Å². The van der Waals surface area contributed by atoms with Crippen molar-refractivity contribution < 1.29 is 28.7 Å². The second kappa shape index (κ2) is 9.70. The summed E-state index contributed by atoms with van der Waals surface area (Å²) in [6, 6.07) is 0. The molecule has 11 nitrogen and oxygen atoms in total. The van der Waals surface area contributed by atoms with Gasteiger partial charge in [0.25, 0.3) is 5.91 Å². The average molecular weight is 387 g/mol. The Morgan fingerprint density at radius 3 is 2.81 bits per heavy atom. The molecular weight excluding hydrogens is 365 g/mol. The van der Waals surface area contributed by atoms with E-state index in [9.17, 15) is 9.36 Å². The maximum atomic E-state index is 12.2. The monoisotopic (exact) mass is 387 g/mol. The van der Waals surface area contributed by atoms with Crippen LogP contribution in [0.15, 0.2) is 12.7 Å². The molecule has 12 heteroatoms. The molecule has 26 heavy (non-hydrogen) atoms. The Morgan fingerprint density at radius 2 is 2.08 bits per heavy atom. The summed E-state index contributed by atoms with van der Waals surface area (Å²) in [6.45, 7) is 2.81. The lowest BCUT2D eigenvalue weighted by atomic mass is 10.3. The molecule has 0 bridgehead atoms. The molecule has 0 fully saturated rings. The topological polar surface area (TPSA) is 149 Å². The number of carbonyl (C=O) groups is 1. The standard InChI is InChI=1S/C14H22N5O6P/c1-2-3-4-6-25-18-14(20)12-11-13(16-8-15-12)19(9-17-11)5-7-24-10-26(21,22)23/h8-9H,2-7,10H2,1H3,(H,18,20)(H2,21,22,23). The van der Waals surface area contributed by atoms with E-state index in [1.807, 2.05) is 0 Å². The fourth-order valence-corrected chi connectivity index (χ4v) is 2.51. The first-order valence-corrected chi connectivity index (χ1v) is 9.92. The zero-order chi connectivity index (χ0) is 19.0. The van der Waals surface area contributed by atoms with Crippen LogP contribution in [-0.4, -0.2) is 54.8 Å². The minimum atomic E-state index is -4.20. The van der Waals surface area contributed by atoms with Crippen LogP contribution in [0.4, 0.5) is 0 Å². The Hall–Kier alpha value is -1.91. The van der Waals surface area contributed by atoms with Gasteiger partial charge in [-0.25, -0.2) is 20.4 Å². The van der Waals surface area contributed by atoms with Crippen molar-refractivity contribution in [3.63, 3.8) is 0 Å². The second-order valence-electron chi connectivity index (χ2n) is 5.52. The molecule has 3 N–H and O–H groups in total. The zero-order valence-electron chi connectivity index (χ0n) is 14.4. The number of hydroxylamine groups is 1. The van der Waals surface area contributed by atoms with Gasteiger partial charge in [-0.15, -0.1) is 0 Å². The number of hydrogen-bond acceptors (Lipinski definition) is 7. The molecule has 2 aromatic rings. The fraction of sp³-hybridized carbons (Fsp3) is 0.571. The first-order valence-electron chi connectivity index (χ1n) is 8.12. The summed E-state index contributed by atoms with van der Waals surface area (Å²) in [5.74, 6) is -0.517. The molecule has 0 spiro atoms. The molecule has 2 heterocycles. The maximum Gasteiger partial charge on any atom is 0.350 e. The molecular formula is C14H22N5O6P. The number of fused-ring (bicyclic) bond motifs is 1. The first kappa shape index (κ1) is 20.4. The Labute approximate surface area is 149 Å². The zero-order valence-corrected chi connectivity index (χ0v) is 15.3. The molecule has 0 aliphatic rings. The summed E-state index contributed by atoms with van der Waals surface area (Å²) in [4.78, 5) is 47.0. The van der Waals surface area contributed by atoms with Gasteiger partial charge < -0.3 is 19.1 Å². The van der Waals surface area contributed by atoms with Crippen molar-refractivity contribution in [1.29, 1.82) is 0 Å². The van der Waals surface area contributed by atoms with Gasteiger partial charge in [0.1, 0.15) is 18.2 Å². The number of nitrogens with one attached hydrogen (secondary N) is 1. The average Bonchev–Trinajstić information content (AvgIpc) is 3.00. The number of imidazole rings is 1. The Bertz CT molecular complexity index is 776. The van der Waals surface area contributed by atoms with Gasteiger partial charge in [-0.1, -0.05) is 19.8 Å². The van der Waals surface area contributed by atoms with Crippen molar-refractivity contribution in [2.45, 2.75) is 32.7 Å². The number of unbranched alkanes of at least 4 members (excludes halogenated alkanes) is 2. The fourth-order valence-electron chi connectivity index (χ4n) is 2.15. The SMILES string of the molecule is CCCCCONC(=O)c1ncnc2c1ncn2CCOCP(=O)(O)O. The Kier molecular flexibility index (Phi) is 7.61. The Morgan fingerprint density at radius 1 is 1.27 bits per heavy atom. The number of aromatic nitrogens is 4. The van der Waals surface area contributed by atoms with Gasteiger partial charge in [-0.3, -0.25) is 14.2 Å². The summed E-state index contributed by atoms with van der Waals surface area (Å²) in [7, 11) is -4.20. The van der Waals surface area contributed by atoms with Crippen molar-refractivity contribution >= 4 is 24.7 Å². The van der Waals surface area contributed by atoms with Crippen LogP contribution in [-0.2, 0) is 20.7 Å². The van der Waals surface area contributed by atoms with Gasteiger partial charge in [0.05, 0.1) is 19.5 Å². The van der Waals surface area contributed by atoms with E-state index in [4.69, 9.17) is 19.4 Å². The minimum absolute atomic E-state index is 0.0582. The number of hydrogen-bond donors (Lipinski definition) is 3. The van der Waals surface area contributed by atoms with Crippen LogP contribution in [0, 0.1) is 0 Å². The summed E-state index contributed by atoms with van der Waals surface area (Å²) in [5, 5.41) is 0. The van der Waals surface area contributed by atoms with E-state index in [0.717, 1.165) is 19.3 Å². The third kappa shape index (κ3) is 6.11. The predicted octanol–water partition coefficient (Wildman–Crippen LogP) is 0.830. The summed E-state index contributed by atoms with van der Waals surface area (Å²) < 4.78 is 17.3. The molecule has 0 aliphatic heterocycles. The Balaban J connectivity index is 1.96. The van der Waals surface area contributed by atoms with Gasteiger partial charge in [-0.2, -0.15) is 0 Å². The maximum absolute atomic E-state index is 12.2. The van der Waals surface area contributed by atoms with E-state index in [-0.39, 0.29) is 18.8 Å². The molecule has 0 saturated carbocycles. The van der Waals surface area contributed by atoms with Crippen LogP contribution in [0.1, 0.15) is 36.7 Å². The smallest absolute Gasteiger partial charge is 0.350 e. The van der Waals surface area contributed by atoms with Crippen LogP contribution in [0.2, 0.25) is 0 Å². The van der Waals surface area contributed by atoms with Crippen molar-refractivity contribution in [1.82, 2.24) is 25.0 Å². The molecule has 0 aromatic carbocycles. The molecule has 1 amide bonds. The summed E-state index contributed by atoms with van der Waals surface area (Å²) in [5.41, 5.74) is 3.14. The molecule has 0 unspecified atom stereocenters. The van der Waals surface area contributed by atoms with Gasteiger partial charge in [-0.05, 0) is 6.42 Å². The van der Waals surface area contributed by atoms with Crippen molar-refractivity contribution in [2.24, 2.45) is 0 Å². The van der Waals surface area contributed by atoms with Crippen molar-refractivity contribution in [3.05, 3.63) is 18.3 Å². The predicted molar refractivity (Wildman–Crippen MR) is 91.1 cm³/mol. The minimum Gasteiger partial charge on any atom is -0.367 e. The second-order valence-corrected chi connectivity index (χ2v) is 7.11. The van der Waals surface area contributed by atoms with Crippen LogP contribution >= 0.6 is 7.60 Å². The van der Waals surface area contributed by atoms with E-state index < -0.39 is 19.9 Å². The molecule has 144 valence electrons. The number of carbonyl (C=O) groups excluding carboxylic acids is 1. The lowest BCUT2D eigenvalue weighted by Gasteiger charge is -2.07. The van der Waals surface area contributed by atoms with Gasteiger partial charge in [0, 0.05) is 6.54 Å². The lowest BCUT2D eigenvalue weighted by molar-refractivity contribution is 0.0295. The van der Waals surface area contributed by atoms with E-state index in [1.54, 1.807) is 4.57 Å². The normalized spacial score (nSPS) is 11.8. The highest BCUT2D eigenvalue weighted by Gasteiger charge is 2.17. The van der Waals surface area contributed by atoms with Crippen LogP contribution in [0.25, 0.3) is 11.2 Å². The number of ether oxygens (including phenoxy) is 1. The lowest BCUT2D eigenvalue weighted by Crippen LogP contribution is -2.25. The highest BCUT2D eigenvalue weighted by molar-refractivity contribution is 7.51. The van der Waals surface area contributed by atoms with Crippen LogP contribution in [0.5, 0.6) is 0 Å². The third-order valence-corrected chi connectivity index (χ3v) is 3.89. The molecule has 0 atom stereocenters. The highest BCUT2D eigenvalue weighted by Crippen LogP contribution is 2.33. The van der Waals surface area contributed by atoms with Crippen LogP contribution < -0.4 is 5.48 Å². The molecule has 2 aromatic heterocycles. The molecule has 0 saturated heterocycles. The third-order valence-electron chi connectivity index (χ3n) is 3.37. The highest BCUT2D eigenvalue weighted by atomic mass is 31.2. The van der Waals surface area contributed by atoms with Crippen molar-refractivity contribution in [2.75, 3.05) is 19.6 Å². The summed E-state index contributed by atoms with van der Waals surface area (Å²) in [6.07, 6.45) is 4.96. The van der Waals surface area contributed by atoms with E-state index in [2.05, 4.69) is 27.4 Å². The van der Waals surface area contributed by atoms with Crippen LogP contribution in [0.3, 0.4) is 0 Å². The summed E-state index contributed by atoms with van der Waals surface area (Å²) >= 11 is 0. The van der Waals surface area contributed by atoms with E-state index >= 15 is 0 Å². The number of nitrogens with zero attached hydrogens (tertiary/aromatic N) is 4. The van der Waals surface area contributed by atoms with E-state index in [1.165, 1.54) is 12.7 Å². The van der Waals surface area contributed by atoms with Crippen molar-refractivity contribution in [3.8, 4) is 0 Å². The number of rotatable bonds is 11. The van der Waals surface area contributed by atoms with Gasteiger partial charge >= 0.3 is 7.60 Å². The van der Waals surface area contributed by atoms with Gasteiger partial charge in [0.15, 0.2) is 11.3 Å². The quantitative estimate of drug-likeness (QED) is 0.289. The van der Waals surface area contributed by atoms with E-state index in [0.29, 0.717) is 17.8 Å².